The fraction of sp³-hybridized carbons (Fsp3) is 1.00. The van der Waals surface area contributed by atoms with E-state index in [-0.39, 0.29) is 0 Å². The highest BCUT2D eigenvalue weighted by molar-refractivity contribution is 4.81. The second-order valence-corrected chi connectivity index (χ2v) is 5.50. The van der Waals surface area contributed by atoms with Crippen LogP contribution < -0.4 is 5.32 Å². The fourth-order valence-electron chi connectivity index (χ4n) is 2.61. The van der Waals surface area contributed by atoms with Crippen LogP contribution in [0, 0.1) is 0 Å². The van der Waals surface area contributed by atoms with E-state index < -0.39 is 0 Å². The van der Waals surface area contributed by atoms with E-state index >= 15 is 0 Å². The van der Waals surface area contributed by atoms with Gasteiger partial charge in [0.2, 0.25) is 0 Å². The van der Waals surface area contributed by atoms with E-state index in [0.29, 0.717) is 18.2 Å². The smallest absolute Gasteiger partial charge is 0.0698 e. The molecule has 1 aliphatic heterocycles. The lowest BCUT2D eigenvalue weighted by molar-refractivity contribution is 0.0126. The van der Waals surface area contributed by atoms with Gasteiger partial charge in [0.05, 0.1) is 6.10 Å². The molecule has 0 aromatic heterocycles. The van der Waals surface area contributed by atoms with Crippen LogP contribution in [0.5, 0.6) is 0 Å². The molecule has 3 heteroatoms. The van der Waals surface area contributed by atoms with Crippen LogP contribution in [0.15, 0.2) is 0 Å². The molecule has 1 fully saturated rings. The molecule has 1 N–H and O–H groups in total. The predicted molar refractivity (Wildman–Crippen MR) is 73.4 cm³/mol. The lowest BCUT2D eigenvalue weighted by Crippen LogP contribution is -2.49. The lowest BCUT2D eigenvalue weighted by atomic mass is 10.0. The summed E-state index contributed by atoms with van der Waals surface area (Å²) in [5, 5.41) is 3.58. The molecular formula is C14H30N2O. The zero-order chi connectivity index (χ0) is 12.7. The van der Waals surface area contributed by atoms with Crippen molar-refractivity contribution in [2.75, 3.05) is 26.7 Å². The van der Waals surface area contributed by atoms with Crippen molar-refractivity contribution in [2.45, 2.75) is 64.6 Å². The Labute approximate surface area is 107 Å². The molecule has 0 bridgehead atoms. The van der Waals surface area contributed by atoms with Gasteiger partial charge in [-0.1, -0.05) is 27.2 Å². The maximum atomic E-state index is 5.51. The molecule has 0 aromatic rings. The van der Waals surface area contributed by atoms with E-state index in [2.05, 4.69) is 31.0 Å². The predicted octanol–water partition coefficient (Wildman–Crippen LogP) is 2.26. The van der Waals surface area contributed by atoms with Crippen LogP contribution in [0.4, 0.5) is 0 Å². The zero-order valence-electron chi connectivity index (χ0n) is 12.0. The van der Waals surface area contributed by atoms with Gasteiger partial charge >= 0.3 is 0 Å². The van der Waals surface area contributed by atoms with Crippen LogP contribution >= 0.6 is 0 Å². The van der Waals surface area contributed by atoms with Gasteiger partial charge in [-0.05, 0) is 25.8 Å². The number of piperidine rings is 1. The molecule has 3 nitrogen and oxygen atoms in total. The maximum Gasteiger partial charge on any atom is 0.0698 e. The molecule has 0 saturated carbocycles. The first-order valence-corrected chi connectivity index (χ1v) is 7.17. The Morgan fingerprint density at radius 1 is 1.41 bits per heavy atom. The first-order chi connectivity index (χ1) is 8.17. The highest BCUT2D eigenvalue weighted by Crippen LogP contribution is 2.17. The molecule has 1 aliphatic rings. The van der Waals surface area contributed by atoms with Crippen molar-refractivity contribution in [3.8, 4) is 0 Å². The van der Waals surface area contributed by atoms with Gasteiger partial charge in [-0.15, -0.1) is 0 Å². The van der Waals surface area contributed by atoms with Crippen LogP contribution in [0.1, 0.15) is 46.5 Å². The van der Waals surface area contributed by atoms with Gasteiger partial charge in [0, 0.05) is 32.3 Å². The van der Waals surface area contributed by atoms with Crippen molar-refractivity contribution in [3.63, 3.8) is 0 Å². The number of nitrogens with one attached hydrogen (secondary N) is 1. The van der Waals surface area contributed by atoms with Crippen molar-refractivity contribution in [1.29, 1.82) is 0 Å². The van der Waals surface area contributed by atoms with Crippen LogP contribution in [-0.4, -0.2) is 49.8 Å². The summed E-state index contributed by atoms with van der Waals surface area (Å²) in [5.41, 5.74) is 0. The summed E-state index contributed by atoms with van der Waals surface area (Å²) in [6.07, 6.45) is 5.50. The third-order valence-corrected chi connectivity index (χ3v) is 3.64. The van der Waals surface area contributed by atoms with Crippen molar-refractivity contribution in [3.05, 3.63) is 0 Å². The minimum absolute atomic E-state index is 0.446. The van der Waals surface area contributed by atoms with E-state index in [9.17, 15) is 0 Å². The van der Waals surface area contributed by atoms with Crippen LogP contribution in [-0.2, 0) is 4.74 Å². The highest BCUT2D eigenvalue weighted by Gasteiger charge is 2.25. The molecule has 2 atom stereocenters. The Morgan fingerprint density at radius 3 is 2.76 bits per heavy atom. The molecule has 0 spiro atoms. The van der Waals surface area contributed by atoms with Crippen LogP contribution in [0.2, 0.25) is 0 Å². The topological polar surface area (TPSA) is 24.5 Å². The van der Waals surface area contributed by atoms with Crippen LogP contribution in [0.25, 0.3) is 0 Å². The minimum Gasteiger partial charge on any atom is -0.380 e. The lowest BCUT2D eigenvalue weighted by Gasteiger charge is -2.38. The summed E-state index contributed by atoms with van der Waals surface area (Å²) < 4.78 is 5.51. The zero-order valence-corrected chi connectivity index (χ0v) is 12.0. The van der Waals surface area contributed by atoms with E-state index in [4.69, 9.17) is 4.74 Å². The molecule has 0 amide bonds. The summed E-state index contributed by atoms with van der Waals surface area (Å²) in [6, 6.07) is 1.26. The van der Waals surface area contributed by atoms with Gasteiger partial charge in [0.1, 0.15) is 0 Å². The largest absolute Gasteiger partial charge is 0.380 e. The molecule has 0 aliphatic carbocycles. The number of rotatable bonds is 7. The molecule has 2 unspecified atom stereocenters. The normalized spacial score (nSPS) is 24.2. The molecule has 17 heavy (non-hydrogen) atoms. The Morgan fingerprint density at radius 2 is 2.18 bits per heavy atom. The first-order valence-electron chi connectivity index (χ1n) is 7.17. The number of likely N-dealkylation sites (tertiary alicyclic amines) is 1. The Kier molecular flexibility index (Phi) is 7.09. The fourth-order valence-corrected chi connectivity index (χ4v) is 2.61. The summed E-state index contributed by atoms with van der Waals surface area (Å²) in [6.45, 7) is 10.2. The highest BCUT2D eigenvalue weighted by atomic mass is 16.5. The summed E-state index contributed by atoms with van der Waals surface area (Å²) in [5.74, 6) is 0. The van der Waals surface area contributed by atoms with Crippen LogP contribution in [0.3, 0.4) is 0 Å². The molecule has 0 radical (unpaired) electrons. The third-order valence-electron chi connectivity index (χ3n) is 3.64. The number of hydrogen-bond donors (Lipinski definition) is 1. The third kappa shape index (κ3) is 5.36. The molecule has 0 aromatic carbocycles. The van der Waals surface area contributed by atoms with Gasteiger partial charge in [-0.2, -0.15) is 0 Å². The number of nitrogens with zero attached hydrogens (tertiary/aromatic N) is 1. The van der Waals surface area contributed by atoms with Crippen molar-refractivity contribution < 1.29 is 4.74 Å². The average Bonchev–Trinajstić information content (AvgIpc) is 2.34. The van der Waals surface area contributed by atoms with Gasteiger partial charge in [0.25, 0.3) is 0 Å². The summed E-state index contributed by atoms with van der Waals surface area (Å²) in [7, 11) is 1.84. The van der Waals surface area contributed by atoms with Gasteiger partial charge in [-0.3, -0.25) is 4.90 Å². The quantitative estimate of drug-likeness (QED) is 0.741. The van der Waals surface area contributed by atoms with E-state index in [1.807, 2.05) is 7.11 Å². The molecule has 102 valence electrons. The molecule has 1 rings (SSSR count). The second kappa shape index (κ2) is 8.06. The van der Waals surface area contributed by atoms with Crippen molar-refractivity contribution in [1.82, 2.24) is 10.2 Å². The second-order valence-electron chi connectivity index (χ2n) is 5.50. The first kappa shape index (κ1) is 14.9. The SMILES string of the molecule is CCCC(CNC(C)C)N1CCCC(OC)C1. The van der Waals surface area contributed by atoms with Gasteiger partial charge in [-0.25, -0.2) is 0 Å². The Bertz CT molecular complexity index is 197. The molecular weight excluding hydrogens is 212 g/mol. The van der Waals surface area contributed by atoms with Gasteiger partial charge < -0.3 is 10.1 Å². The van der Waals surface area contributed by atoms with E-state index in [1.165, 1.54) is 32.2 Å². The molecule has 1 heterocycles. The Balaban J connectivity index is 2.44. The van der Waals surface area contributed by atoms with Crippen molar-refractivity contribution >= 4 is 0 Å². The van der Waals surface area contributed by atoms with Crippen molar-refractivity contribution in [2.24, 2.45) is 0 Å². The monoisotopic (exact) mass is 242 g/mol. The van der Waals surface area contributed by atoms with E-state index in [1.54, 1.807) is 0 Å². The summed E-state index contributed by atoms with van der Waals surface area (Å²) in [4.78, 5) is 2.62. The minimum atomic E-state index is 0.446. The maximum absolute atomic E-state index is 5.51. The number of hydrogen-bond acceptors (Lipinski definition) is 3. The van der Waals surface area contributed by atoms with E-state index in [0.717, 1.165) is 13.1 Å². The Hall–Kier alpha value is -0.120. The summed E-state index contributed by atoms with van der Waals surface area (Å²) >= 11 is 0. The number of methoxy groups -OCH3 is 1. The molecule has 1 saturated heterocycles. The van der Waals surface area contributed by atoms with Gasteiger partial charge in [0.15, 0.2) is 0 Å². The average molecular weight is 242 g/mol. The number of ether oxygens (including phenoxy) is 1. The standard InChI is InChI=1S/C14H30N2O/c1-5-7-13(10-15-12(2)3)16-9-6-8-14(11-16)17-4/h12-15H,5-11H2,1-4H3.